The third-order valence-corrected chi connectivity index (χ3v) is 12.2. The number of hydrogen-bond acceptors (Lipinski definition) is 5. The standard InChI is InChI=1S/C40H48N4O3/c1-4-24-21-44-23-27(37-30-11-7-9-13-34(30)42-39(37)35(44)19-26(24)15-17-45)18-32(40(46)47-3)31-20-36-38-29(14-16-43(36)22-25(31)5-2)28-10-6-8-12-33(28)41-38/h5-13,23-24,26,31-32,35-36,41-42,45H,4,14-22H2,1-3H3/t24-,26-,31-,32-,35?,36-/m0/s1. The summed E-state index contributed by atoms with van der Waals surface area (Å²) in [5.41, 5.74) is 10.2. The van der Waals surface area contributed by atoms with E-state index < -0.39 is 0 Å². The summed E-state index contributed by atoms with van der Waals surface area (Å²) in [5.74, 6) is 0.705. The molecular weight excluding hydrogens is 584 g/mol. The van der Waals surface area contributed by atoms with Crippen LogP contribution in [0.2, 0.25) is 0 Å². The summed E-state index contributed by atoms with van der Waals surface area (Å²) in [4.78, 5) is 26.7. The molecule has 2 saturated heterocycles. The van der Waals surface area contributed by atoms with Crippen LogP contribution < -0.4 is 0 Å². The number of carbonyl (C=O) groups is 1. The van der Waals surface area contributed by atoms with Crippen molar-refractivity contribution in [3.8, 4) is 0 Å². The Balaban J connectivity index is 1.18. The number of aromatic amines is 2. The number of allylic oxidation sites excluding steroid dienone is 2. The number of ether oxygens (including phenoxy) is 1. The highest BCUT2D eigenvalue weighted by atomic mass is 16.5. The minimum atomic E-state index is -0.290. The van der Waals surface area contributed by atoms with Crippen LogP contribution in [0.4, 0.5) is 0 Å². The van der Waals surface area contributed by atoms with Crippen LogP contribution in [0.5, 0.6) is 0 Å². The summed E-state index contributed by atoms with van der Waals surface area (Å²) in [6.45, 7) is 7.53. The third-order valence-electron chi connectivity index (χ3n) is 12.2. The minimum Gasteiger partial charge on any atom is -0.469 e. The lowest BCUT2D eigenvalue weighted by molar-refractivity contribution is -0.147. The monoisotopic (exact) mass is 632 g/mol. The first-order valence-electron chi connectivity index (χ1n) is 17.8. The van der Waals surface area contributed by atoms with Crippen LogP contribution in [-0.4, -0.2) is 64.2 Å². The Morgan fingerprint density at radius 3 is 2.51 bits per heavy atom. The molecule has 7 nitrogen and oxygen atoms in total. The number of hydrogen-bond donors (Lipinski definition) is 3. The van der Waals surface area contributed by atoms with Gasteiger partial charge >= 0.3 is 5.97 Å². The van der Waals surface area contributed by atoms with E-state index in [0.717, 1.165) is 57.3 Å². The summed E-state index contributed by atoms with van der Waals surface area (Å²) >= 11 is 0. The van der Waals surface area contributed by atoms with Crippen molar-refractivity contribution in [2.45, 2.75) is 64.5 Å². The Labute approximate surface area is 277 Å². The van der Waals surface area contributed by atoms with Gasteiger partial charge in [-0.1, -0.05) is 61.4 Å². The molecule has 0 bridgehead atoms. The highest BCUT2D eigenvalue weighted by molar-refractivity contribution is 5.96. The van der Waals surface area contributed by atoms with Gasteiger partial charge in [-0.05, 0) is 80.1 Å². The van der Waals surface area contributed by atoms with Gasteiger partial charge in [0.05, 0.1) is 25.1 Å². The van der Waals surface area contributed by atoms with Gasteiger partial charge in [0.2, 0.25) is 0 Å². The number of aliphatic hydroxyl groups is 1. The molecule has 7 heteroatoms. The Bertz CT molecular complexity index is 1870. The zero-order valence-corrected chi connectivity index (χ0v) is 28.0. The molecule has 4 aromatic rings. The molecule has 0 aliphatic carbocycles. The number of benzene rings is 2. The molecule has 0 radical (unpaired) electrons. The van der Waals surface area contributed by atoms with Crippen molar-refractivity contribution < 1.29 is 14.6 Å². The topological polar surface area (TPSA) is 84.6 Å². The van der Waals surface area contributed by atoms with Gasteiger partial charge in [0, 0.05) is 71.2 Å². The average Bonchev–Trinajstić information content (AvgIpc) is 3.69. The minimum absolute atomic E-state index is 0.0806. The van der Waals surface area contributed by atoms with Crippen molar-refractivity contribution in [3.05, 3.63) is 88.9 Å². The number of H-pyrrole nitrogens is 2. The molecule has 0 saturated carbocycles. The van der Waals surface area contributed by atoms with Gasteiger partial charge < -0.3 is 24.7 Å². The fourth-order valence-corrected chi connectivity index (χ4v) is 9.82. The van der Waals surface area contributed by atoms with Crippen molar-refractivity contribution in [2.75, 3.05) is 33.4 Å². The molecule has 2 aromatic heterocycles. The van der Waals surface area contributed by atoms with E-state index in [9.17, 15) is 9.90 Å². The molecule has 2 fully saturated rings. The van der Waals surface area contributed by atoms with Crippen LogP contribution in [0.3, 0.4) is 0 Å². The zero-order valence-electron chi connectivity index (χ0n) is 28.0. The number of nitrogens with zero attached hydrogens (tertiary/aromatic N) is 2. The smallest absolute Gasteiger partial charge is 0.309 e. The van der Waals surface area contributed by atoms with E-state index in [1.807, 2.05) is 0 Å². The lowest BCUT2D eigenvalue weighted by Crippen LogP contribution is -2.45. The van der Waals surface area contributed by atoms with Crippen LogP contribution in [0.25, 0.3) is 27.4 Å². The van der Waals surface area contributed by atoms with Crippen LogP contribution in [-0.2, 0) is 16.0 Å². The molecular formula is C40H48N4O3. The Morgan fingerprint density at radius 1 is 1.02 bits per heavy atom. The lowest BCUT2D eigenvalue weighted by Gasteiger charge is -2.47. The fraction of sp³-hybridized carbons (Fsp3) is 0.475. The average molecular weight is 633 g/mol. The maximum Gasteiger partial charge on any atom is 0.309 e. The molecule has 8 rings (SSSR count). The number of esters is 1. The number of piperidine rings is 2. The maximum absolute atomic E-state index is 14.0. The highest BCUT2D eigenvalue weighted by Crippen LogP contribution is 2.51. The van der Waals surface area contributed by atoms with E-state index in [-0.39, 0.29) is 36.5 Å². The first-order valence-corrected chi connectivity index (χ1v) is 17.8. The van der Waals surface area contributed by atoms with Crippen LogP contribution in [0.1, 0.15) is 80.6 Å². The van der Waals surface area contributed by atoms with Gasteiger partial charge in [-0.25, -0.2) is 0 Å². The molecule has 2 aromatic carbocycles. The van der Waals surface area contributed by atoms with Gasteiger partial charge in [0.25, 0.3) is 0 Å². The Morgan fingerprint density at radius 2 is 1.77 bits per heavy atom. The fourth-order valence-electron chi connectivity index (χ4n) is 9.82. The normalized spacial score (nSPS) is 27.2. The molecule has 4 aliphatic heterocycles. The van der Waals surface area contributed by atoms with Gasteiger partial charge in [-0.15, -0.1) is 0 Å². The Hall–Kier alpha value is -3.81. The summed E-state index contributed by atoms with van der Waals surface area (Å²) in [6.07, 6.45) is 10.2. The van der Waals surface area contributed by atoms with Gasteiger partial charge in [0.15, 0.2) is 0 Å². The Kier molecular flexibility index (Phi) is 8.01. The summed E-state index contributed by atoms with van der Waals surface area (Å²) in [6, 6.07) is 17.8. The van der Waals surface area contributed by atoms with E-state index in [1.165, 1.54) is 50.0 Å². The SMILES string of the molecule is CC=C1CN2CCc3c([nH]c4ccccc34)[C@@H]2C[C@@H]1[C@H](CC1=CN2C[C@H](CC)[C@@H](CCO)CC2c2[nH]c3ccccc3c21)C(=O)OC. The number of fused-ring (bicyclic) bond motifs is 10. The third kappa shape index (κ3) is 5.05. The molecule has 6 atom stereocenters. The second kappa shape index (κ2) is 12.3. The highest BCUT2D eigenvalue weighted by Gasteiger charge is 2.45. The maximum atomic E-state index is 14.0. The van der Waals surface area contributed by atoms with E-state index >= 15 is 0 Å². The van der Waals surface area contributed by atoms with Crippen molar-refractivity contribution >= 4 is 33.3 Å². The van der Waals surface area contributed by atoms with Crippen LogP contribution in [0.15, 0.2) is 66.4 Å². The zero-order chi connectivity index (χ0) is 32.2. The summed E-state index contributed by atoms with van der Waals surface area (Å²) < 4.78 is 5.63. The number of carbonyl (C=O) groups excluding carboxylic acids is 1. The van der Waals surface area contributed by atoms with Crippen molar-refractivity contribution in [1.29, 1.82) is 0 Å². The molecule has 4 aliphatic rings. The number of methoxy groups -OCH3 is 1. The van der Waals surface area contributed by atoms with Gasteiger partial charge in [0.1, 0.15) is 0 Å². The molecule has 47 heavy (non-hydrogen) atoms. The predicted molar refractivity (Wildman–Crippen MR) is 188 cm³/mol. The van der Waals surface area contributed by atoms with E-state index in [4.69, 9.17) is 4.74 Å². The lowest BCUT2D eigenvalue weighted by atomic mass is 9.71. The molecule has 0 amide bonds. The van der Waals surface area contributed by atoms with E-state index in [1.54, 1.807) is 7.11 Å². The summed E-state index contributed by atoms with van der Waals surface area (Å²) in [5, 5.41) is 12.5. The first kappa shape index (κ1) is 30.5. The van der Waals surface area contributed by atoms with E-state index in [0.29, 0.717) is 18.3 Å². The van der Waals surface area contributed by atoms with Gasteiger partial charge in [-0.2, -0.15) is 0 Å². The molecule has 1 unspecified atom stereocenters. The molecule has 6 heterocycles. The van der Waals surface area contributed by atoms with Crippen molar-refractivity contribution in [1.82, 2.24) is 19.8 Å². The number of para-hydroxylation sites is 2. The molecule has 246 valence electrons. The number of nitrogens with one attached hydrogen (secondary N) is 2. The number of aliphatic hydroxyl groups excluding tert-OH is 1. The first-order chi connectivity index (χ1) is 23.0. The van der Waals surface area contributed by atoms with Crippen LogP contribution >= 0.6 is 0 Å². The second-order valence-electron chi connectivity index (χ2n) is 14.3. The van der Waals surface area contributed by atoms with Crippen LogP contribution in [0, 0.1) is 23.7 Å². The second-order valence-corrected chi connectivity index (χ2v) is 14.3. The van der Waals surface area contributed by atoms with E-state index in [2.05, 4.69) is 94.4 Å². The van der Waals surface area contributed by atoms with Gasteiger partial charge in [-0.3, -0.25) is 9.69 Å². The largest absolute Gasteiger partial charge is 0.469 e. The molecule has 3 N–H and O–H groups in total. The van der Waals surface area contributed by atoms with Crippen molar-refractivity contribution in [3.63, 3.8) is 0 Å². The van der Waals surface area contributed by atoms with Crippen molar-refractivity contribution in [2.24, 2.45) is 23.7 Å². The number of aromatic nitrogens is 2. The summed E-state index contributed by atoms with van der Waals surface area (Å²) in [7, 11) is 1.55. The number of rotatable bonds is 7. The molecule has 0 spiro atoms. The predicted octanol–water partition coefficient (Wildman–Crippen LogP) is 7.52. The quantitative estimate of drug-likeness (QED) is 0.145.